The Balaban J connectivity index is 2.15. The molecule has 0 amide bonds. The fourth-order valence-corrected chi connectivity index (χ4v) is 2.38. The summed E-state index contributed by atoms with van der Waals surface area (Å²) in [6.07, 6.45) is -0.973. The van der Waals surface area contributed by atoms with Gasteiger partial charge in [0.05, 0.1) is 5.56 Å². The number of alkyl halides is 3. The topological polar surface area (TPSA) is 24.9 Å². The number of nitrogens with zero attached hydrogens (tertiary/aromatic N) is 1. The van der Waals surface area contributed by atoms with Crippen molar-refractivity contribution >= 4 is 11.6 Å². The lowest BCUT2D eigenvalue weighted by molar-refractivity contribution is -0.137. The third kappa shape index (κ3) is 3.36. The Morgan fingerprint density at radius 1 is 1.44 bits per heavy atom. The summed E-state index contributed by atoms with van der Waals surface area (Å²) in [7, 11) is 0. The largest absolute Gasteiger partial charge is 0.417 e. The van der Waals surface area contributed by atoms with Gasteiger partial charge >= 0.3 is 6.18 Å². The van der Waals surface area contributed by atoms with E-state index in [4.69, 9.17) is 11.6 Å². The van der Waals surface area contributed by atoms with Crippen LogP contribution in [0, 0.1) is 5.92 Å². The van der Waals surface area contributed by atoms with Crippen LogP contribution in [0.3, 0.4) is 0 Å². The molecule has 6 heteroatoms. The number of hydrogen-bond acceptors (Lipinski definition) is 2. The molecular formula is C12H14ClF3N2. The predicted octanol–water partition coefficient (Wildman–Crippen LogP) is 3.30. The molecule has 1 saturated heterocycles. The van der Waals surface area contributed by atoms with Crippen LogP contribution in [0.15, 0.2) is 12.3 Å². The maximum atomic E-state index is 12.6. The van der Waals surface area contributed by atoms with Crippen LogP contribution < -0.4 is 5.32 Å². The summed E-state index contributed by atoms with van der Waals surface area (Å²) in [6.45, 7) is 1.80. The van der Waals surface area contributed by atoms with Gasteiger partial charge in [0.2, 0.25) is 0 Å². The molecule has 2 heterocycles. The van der Waals surface area contributed by atoms with E-state index in [0.717, 1.165) is 38.2 Å². The Hall–Kier alpha value is -0.810. The summed E-state index contributed by atoms with van der Waals surface area (Å²) in [5.41, 5.74) is -0.245. The summed E-state index contributed by atoms with van der Waals surface area (Å²) >= 11 is 5.87. The molecule has 1 aliphatic heterocycles. The molecule has 2 nitrogen and oxygen atoms in total. The van der Waals surface area contributed by atoms with Crippen LogP contribution in [0.5, 0.6) is 0 Å². The molecule has 2 rings (SSSR count). The molecule has 0 aromatic carbocycles. The molecule has 1 atom stereocenters. The molecule has 1 N–H and O–H groups in total. The minimum Gasteiger partial charge on any atom is -0.316 e. The first-order valence-electron chi connectivity index (χ1n) is 5.89. The second-order valence-corrected chi connectivity index (χ2v) is 4.95. The van der Waals surface area contributed by atoms with Crippen LogP contribution in [0.25, 0.3) is 0 Å². The zero-order valence-electron chi connectivity index (χ0n) is 9.73. The van der Waals surface area contributed by atoms with Crippen molar-refractivity contribution in [1.82, 2.24) is 10.3 Å². The summed E-state index contributed by atoms with van der Waals surface area (Å²) in [5, 5.41) is 3.41. The first-order chi connectivity index (χ1) is 8.47. The number of hydrogen-bond donors (Lipinski definition) is 1. The molecule has 1 unspecified atom stereocenters. The van der Waals surface area contributed by atoms with Crippen molar-refractivity contribution in [3.05, 3.63) is 28.5 Å². The average Bonchev–Trinajstić information content (AvgIpc) is 2.32. The van der Waals surface area contributed by atoms with Crippen molar-refractivity contribution in [2.24, 2.45) is 5.92 Å². The first-order valence-corrected chi connectivity index (χ1v) is 6.27. The Morgan fingerprint density at radius 2 is 2.22 bits per heavy atom. The van der Waals surface area contributed by atoms with Crippen LogP contribution >= 0.6 is 11.6 Å². The normalized spacial score (nSPS) is 21.0. The van der Waals surface area contributed by atoms with Crippen molar-refractivity contribution in [3.63, 3.8) is 0 Å². The van der Waals surface area contributed by atoms with Gasteiger partial charge in [0.1, 0.15) is 5.15 Å². The standard InChI is InChI=1S/C12H14ClF3N2/c13-11-9(4-8-2-1-3-17-6-8)5-10(7-18-11)12(14,15)16/h5,7-8,17H,1-4,6H2. The zero-order chi connectivity index (χ0) is 13.2. The van der Waals surface area contributed by atoms with Gasteiger partial charge in [0.15, 0.2) is 0 Å². The van der Waals surface area contributed by atoms with Crippen molar-refractivity contribution < 1.29 is 13.2 Å². The van der Waals surface area contributed by atoms with Crippen LogP contribution in [0.2, 0.25) is 5.15 Å². The second-order valence-electron chi connectivity index (χ2n) is 4.59. The number of piperidine rings is 1. The van der Waals surface area contributed by atoms with Gasteiger partial charge in [-0.15, -0.1) is 0 Å². The van der Waals surface area contributed by atoms with E-state index in [9.17, 15) is 13.2 Å². The van der Waals surface area contributed by atoms with Gasteiger partial charge in [0, 0.05) is 6.20 Å². The van der Waals surface area contributed by atoms with E-state index in [1.807, 2.05) is 0 Å². The Labute approximate surface area is 109 Å². The van der Waals surface area contributed by atoms with Crippen molar-refractivity contribution in [1.29, 1.82) is 0 Å². The number of pyridine rings is 1. The van der Waals surface area contributed by atoms with Crippen LogP contribution in [-0.4, -0.2) is 18.1 Å². The maximum absolute atomic E-state index is 12.6. The van der Waals surface area contributed by atoms with Gasteiger partial charge in [-0.1, -0.05) is 11.6 Å². The fourth-order valence-electron chi connectivity index (χ4n) is 2.20. The molecule has 0 bridgehead atoms. The highest BCUT2D eigenvalue weighted by Crippen LogP contribution is 2.31. The molecular weight excluding hydrogens is 265 g/mol. The summed E-state index contributed by atoms with van der Waals surface area (Å²) in [4.78, 5) is 3.64. The Bertz CT molecular complexity index is 414. The van der Waals surface area contributed by atoms with E-state index in [1.54, 1.807) is 0 Å². The Kier molecular flexibility index (Phi) is 4.12. The van der Waals surface area contributed by atoms with Gasteiger partial charge in [0.25, 0.3) is 0 Å². The van der Waals surface area contributed by atoms with Crippen molar-refractivity contribution in [2.75, 3.05) is 13.1 Å². The summed E-state index contributed by atoms with van der Waals surface area (Å²) in [6, 6.07) is 1.12. The zero-order valence-corrected chi connectivity index (χ0v) is 10.5. The van der Waals surface area contributed by atoms with E-state index in [1.165, 1.54) is 0 Å². The van der Waals surface area contributed by atoms with E-state index >= 15 is 0 Å². The van der Waals surface area contributed by atoms with E-state index < -0.39 is 11.7 Å². The van der Waals surface area contributed by atoms with Gasteiger partial charge < -0.3 is 5.32 Å². The molecule has 1 aliphatic rings. The van der Waals surface area contributed by atoms with Crippen molar-refractivity contribution in [2.45, 2.75) is 25.4 Å². The minimum atomic E-state index is -4.36. The van der Waals surface area contributed by atoms with Crippen LogP contribution in [-0.2, 0) is 12.6 Å². The lowest BCUT2D eigenvalue weighted by Crippen LogP contribution is -2.31. The maximum Gasteiger partial charge on any atom is 0.417 e. The molecule has 1 aromatic rings. The SMILES string of the molecule is FC(F)(F)c1cnc(Cl)c(CC2CCCNC2)c1. The lowest BCUT2D eigenvalue weighted by Gasteiger charge is -2.23. The van der Waals surface area contributed by atoms with Gasteiger partial charge in [-0.3, -0.25) is 0 Å². The van der Waals surface area contributed by atoms with E-state index in [-0.39, 0.29) is 5.15 Å². The summed E-state index contributed by atoms with van der Waals surface area (Å²) in [5.74, 6) is 0.335. The van der Waals surface area contributed by atoms with Crippen LogP contribution in [0.1, 0.15) is 24.0 Å². The molecule has 0 spiro atoms. The smallest absolute Gasteiger partial charge is 0.316 e. The lowest BCUT2D eigenvalue weighted by atomic mass is 9.92. The molecule has 0 radical (unpaired) electrons. The number of halogens is 4. The number of aromatic nitrogens is 1. The number of rotatable bonds is 2. The minimum absolute atomic E-state index is 0.175. The summed E-state index contributed by atoms with van der Waals surface area (Å²) < 4.78 is 37.7. The molecule has 100 valence electrons. The monoisotopic (exact) mass is 278 g/mol. The van der Waals surface area contributed by atoms with E-state index in [0.29, 0.717) is 17.9 Å². The third-order valence-electron chi connectivity index (χ3n) is 3.15. The average molecular weight is 279 g/mol. The van der Waals surface area contributed by atoms with Gasteiger partial charge in [-0.05, 0) is 49.9 Å². The molecule has 1 fully saturated rings. The third-order valence-corrected chi connectivity index (χ3v) is 3.49. The molecule has 0 saturated carbocycles. The fraction of sp³-hybridized carbons (Fsp3) is 0.583. The second kappa shape index (κ2) is 5.45. The number of nitrogens with one attached hydrogen (secondary N) is 1. The highest BCUT2D eigenvalue weighted by Gasteiger charge is 2.31. The molecule has 1 aromatic heterocycles. The highest BCUT2D eigenvalue weighted by molar-refractivity contribution is 6.30. The van der Waals surface area contributed by atoms with Gasteiger partial charge in [-0.25, -0.2) is 4.98 Å². The Morgan fingerprint density at radius 3 is 2.83 bits per heavy atom. The van der Waals surface area contributed by atoms with E-state index in [2.05, 4.69) is 10.3 Å². The highest BCUT2D eigenvalue weighted by atomic mass is 35.5. The molecule has 18 heavy (non-hydrogen) atoms. The predicted molar refractivity (Wildman–Crippen MR) is 63.5 cm³/mol. The van der Waals surface area contributed by atoms with Crippen molar-refractivity contribution in [3.8, 4) is 0 Å². The first kappa shape index (κ1) is 13.6. The quantitative estimate of drug-likeness (QED) is 0.840. The van der Waals surface area contributed by atoms with Gasteiger partial charge in [-0.2, -0.15) is 13.2 Å². The van der Waals surface area contributed by atoms with Crippen LogP contribution in [0.4, 0.5) is 13.2 Å². The molecule has 0 aliphatic carbocycles.